The van der Waals surface area contributed by atoms with Crippen LogP contribution in [0.3, 0.4) is 0 Å². The molecule has 0 atom stereocenters. The molecule has 2 aromatic heterocycles. The number of hydrogen-bond acceptors (Lipinski definition) is 4. The van der Waals surface area contributed by atoms with Crippen molar-refractivity contribution in [1.29, 1.82) is 0 Å². The van der Waals surface area contributed by atoms with E-state index in [9.17, 15) is 4.79 Å². The molecule has 0 bridgehead atoms. The van der Waals surface area contributed by atoms with Crippen LogP contribution >= 0.6 is 11.3 Å². The minimum Gasteiger partial charge on any atom is -0.311 e. The molecule has 5 heteroatoms. The van der Waals surface area contributed by atoms with E-state index in [0.29, 0.717) is 10.3 Å². The Morgan fingerprint density at radius 1 is 1.26 bits per heavy atom. The summed E-state index contributed by atoms with van der Waals surface area (Å²) in [6, 6.07) is 6.25. The lowest BCUT2D eigenvalue weighted by Gasteiger charge is -2.07. The van der Waals surface area contributed by atoms with Gasteiger partial charge in [0.05, 0.1) is 6.33 Å². The van der Waals surface area contributed by atoms with Gasteiger partial charge in [0.15, 0.2) is 10.3 Å². The van der Waals surface area contributed by atoms with E-state index in [2.05, 4.69) is 47.0 Å². The van der Waals surface area contributed by atoms with Gasteiger partial charge in [-0.05, 0) is 30.5 Å². The highest BCUT2D eigenvalue weighted by molar-refractivity contribution is 7.18. The van der Waals surface area contributed by atoms with Gasteiger partial charge in [0, 0.05) is 6.42 Å². The molecule has 0 aliphatic rings. The van der Waals surface area contributed by atoms with Gasteiger partial charge in [-0.1, -0.05) is 29.5 Å². The number of aromatic amines is 1. The Morgan fingerprint density at radius 2 is 2.00 bits per heavy atom. The molecule has 0 radical (unpaired) electrons. The van der Waals surface area contributed by atoms with Crippen LogP contribution < -0.4 is 5.56 Å². The summed E-state index contributed by atoms with van der Waals surface area (Å²) in [5.74, 6) is 0. The summed E-state index contributed by atoms with van der Waals surface area (Å²) in [5.41, 5.74) is 4.04. The molecule has 0 amide bonds. The van der Waals surface area contributed by atoms with Gasteiger partial charge in [-0.15, -0.1) is 0 Å². The van der Waals surface area contributed by atoms with Crippen molar-refractivity contribution in [2.24, 2.45) is 0 Å². The maximum absolute atomic E-state index is 11.6. The van der Waals surface area contributed by atoms with Crippen molar-refractivity contribution >= 4 is 21.7 Å². The number of nitrogens with zero attached hydrogens (tertiary/aromatic N) is 2. The fourth-order valence-corrected chi connectivity index (χ4v) is 3.08. The van der Waals surface area contributed by atoms with E-state index in [1.165, 1.54) is 34.4 Å². The summed E-state index contributed by atoms with van der Waals surface area (Å²) in [4.78, 5) is 23.4. The topological polar surface area (TPSA) is 58.6 Å². The van der Waals surface area contributed by atoms with E-state index in [1.807, 2.05) is 0 Å². The highest BCUT2D eigenvalue weighted by atomic mass is 32.1. The molecule has 0 unspecified atom stereocenters. The quantitative estimate of drug-likeness (QED) is 0.779. The molecule has 0 aliphatic heterocycles. The second kappa shape index (κ2) is 4.59. The molecule has 3 aromatic rings. The first-order valence-electron chi connectivity index (χ1n) is 6.03. The Balaban J connectivity index is 2.07. The van der Waals surface area contributed by atoms with Crippen LogP contribution in [0, 0.1) is 13.8 Å². The standard InChI is InChI=1S/C14H13N3OS/c1-8-4-3-5-9(2)10(8)6-11-17-12-13(18)15-7-16-14(12)19-11/h3-5,7H,6H2,1-2H3,(H,15,16,18). The van der Waals surface area contributed by atoms with E-state index < -0.39 is 0 Å². The van der Waals surface area contributed by atoms with Crippen LogP contribution in [0.5, 0.6) is 0 Å². The molecular formula is C14H13N3OS. The average molecular weight is 271 g/mol. The predicted molar refractivity (Wildman–Crippen MR) is 76.8 cm³/mol. The fraction of sp³-hybridized carbons (Fsp3) is 0.214. The zero-order valence-electron chi connectivity index (χ0n) is 10.7. The Morgan fingerprint density at radius 3 is 2.68 bits per heavy atom. The summed E-state index contributed by atoms with van der Waals surface area (Å²) in [6.07, 6.45) is 2.17. The molecule has 0 spiro atoms. The molecule has 0 fully saturated rings. The lowest BCUT2D eigenvalue weighted by Crippen LogP contribution is -2.05. The third kappa shape index (κ3) is 2.17. The van der Waals surface area contributed by atoms with Crippen molar-refractivity contribution in [2.45, 2.75) is 20.3 Å². The summed E-state index contributed by atoms with van der Waals surface area (Å²) < 4.78 is 0. The van der Waals surface area contributed by atoms with Gasteiger partial charge < -0.3 is 4.98 Å². The number of aryl methyl sites for hydroxylation is 2. The molecular weight excluding hydrogens is 258 g/mol. The Hall–Kier alpha value is -2.01. The number of rotatable bonds is 2. The van der Waals surface area contributed by atoms with Gasteiger partial charge in [0.25, 0.3) is 5.56 Å². The van der Waals surface area contributed by atoms with Crippen molar-refractivity contribution in [3.63, 3.8) is 0 Å². The minimum atomic E-state index is -0.172. The minimum absolute atomic E-state index is 0.172. The zero-order valence-corrected chi connectivity index (χ0v) is 11.5. The Kier molecular flexibility index (Phi) is 2.91. The lowest BCUT2D eigenvalue weighted by molar-refractivity contribution is 1.09. The first-order chi connectivity index (χ1) is 9.15. The number of aromatic nitrogens is 3. The van der Waals surface area contributed by atoms with Crippen molar-refractivity contribution in [1.82, 2.24) is 15.0 Å². The van der Waals surface area contributed by atoms with Crippen LogP contribution in [0.2, 0.25) is 0 Å². The smallest absolute Gasteiger partial charge is 0.278 e. The van der Waals surface area contributed by atoms with E-state index in [-0.39, 0.29) is 5.56 Å². The summed E-state index contributed by atoms with van der Waals surface area (Å²) in [5, 5.41) is 0.927. The van der Waals surface area contributed by atoms with Crippen molar-refractivity contribution in [3.05, 3.63) is 56.6 Å². The second-order valence-corrected chi connectivity index (χ2v) is 5.60. The van der Waals surface area contributed by atoms with Gasteiger partial charge in [-0.3, -0.25) is 4.79 Å². The fourth-order valence-electron chi connectivity index (χ4n) is 2.16. The van der Waals surface area contributed by atoms with Gasteiger partial charge in [0.2, 0.25) is 0 Å². The molecule has 2 heterocycles. The number of nitrogens with one attached hydrogen (secondary N) is 1. The number of benzene rings is 1. The molecule has 0 aliphatic carbocycles. The molecule has 19 heavy (non-hydrogen) atoms. The Bertz CT molecular complexity index is 784. The maximum atomic E-state index is 11.6. The van der Waals surface area contributed by atoms with Crippen molar-refractivity contribution < 1.29 is 0 Å². The highest BCUT2D eigenvalue weighted by Gasteiger charge is 2.10. The van der Waals surface area contributed by atoms with Crippen LogP contribution in [0.15, 0.2) is 29.3 Å². The molecule has 0 saturated heterocycles. The number of thiazole rings is 1. The normalized spacial score (nSPS) is 11.1. The van der Waals surface area contributed by atoms with Crippen LogP contribution in [0.25, 0.3) is 10.3 Å². The van der Waals surface area contributed by atoms with Gasteiger partial charge >= 0.3 is 0 Å². The zero-order chi connectivity index (χ0) is 13.4. The van der Waals surface area contributed by atoms with E-state index in [1.54, 1.807) is 0 Å². The van der Waals surface area contributed by atoms with E-state index >= 15 is 0 Å². The van der Waals surface area contributed by atoms with Crippen LogP contribution in [0.1, 0.15) is 21.7 Å². The average Bonchev–Trinajstić information content (AvgIpc) is 2.78. The molecule has 1 aromatic carbocycles. The highest BCUT2D eigenvalue weighted by Crippen LogP contribution is 2.22. The molecule has 1 N–H and O–H groups in total. The van der Waals surface area contributed by atoms with E-state index in [4.69, 9.17) is 0 Å². The van der Waals surface area contributed by atoms with E-state index in [0.717, 1.165) is 11.4 Å². The molecule has 96 valence electrons. The van der Waals surface area contributed by atoms with Crippen molar-refractivity contribution in [3.8, 4) is 0 Å². The number of hydrogen-bond donors (Lipinski definition) is 1. The first-order valence-corrected chi connectivity index (χ1v) is 6.85. The van der Waals surface area contributed by atoms with Crippen LogP contribution in [-0.2, 0) is 6.42 Å². The largest absolute Gasteiger partial charge is 0.311 e. The summed E-state index contributed by atoms with van der Waals surface area (Å²) in [7, 11) is 0. The van der Waals surface area contributed by atoms with Crippen molar-refractivity contribution in [2.75, 3.05) is 0 Å². The number of H-pyrrole nitrogens is 1. The summed E-state index contributed by atoms with van der Waals surface area (Å²) in [6.45, 7) is 4.20. The second-order valence-electron chi connectivity index (χ2n) is 4.54. The van der Waals surface area contributed by atoms with Gasteiger partial charge in [-0.25, -0.2) is 9.97 Å². The Labute approximate surface area is 114 Å². The first kappa shape index (κ1) is 12.0. The van der Waals surface area contributed by atoms with Crippen LogP contribution in [0.4, 0.5) is 0 Å². The molecule has 3 rings (SSSR count). The lowest BCUT2D eigenvalue weighted by atomic mass is 10.0. The third-order valence-electron chi connectivity index (χ3n) is 3.22. The predicted octanol–water partition coefficient (Wildman–Crippen LogP) is 2.59. The van der Waals surface area contributed by atoms with Gasteiger partial charge in [0.1, 0.15) is 5.01 Å². The SMILES string of the molecule is Cc1cccc(C)c1Cc1nc2c(=O)[nH]cnc2s1. The monoisotopic (exact) mass is 271 g/mol. The van der Waals surface area contributed by atoms with Crippen LogP contribution in [-0.4, -0.2) is 15.0 Å². The third-order valence-corrected chi connectivity index (χ3v) is 4.18. The van der Waals surface area contributed by atoms with Gasteiger partial charge in [-0.2, -0.15) is 0 Å². The maximum Gasteiger partial charge on any atom is 0.278 e. The molecule has 0 saturated carbocycles. The molecule has 4 nitrogen and oxygen atoms in total. The number of fused-ring (bicyclic) bond motifs is 1. The summed E-state index contributed by atoms with van der Waals surface area (Å²) >= 11 is 1.48.